The fraction of sp³-hybridized carbons (Fsp3) is 0.300. The molecule has 0 saturated carbocycles. The van der Waals surface area contributed by atoms with Gasteiger partial charge in [-0.1, -0.05) is 0 Å². The molecule has 0 aliphatic carbocycles. The fourth-order valence-corrected chi connectivity index (χ4v) is 2.34. The molecular formula is C10H7F3INS. The molecule has 0 radical (unpaired) electrons. The van der Waals surface area contributed by atoms with Crippen LogP contribution in [-0.2, 0) is 6.42 Å². The molecule has 1 rings (SSSR count). The predicted octanol–water partition coefficient (Wildman–Crippen LogP) is 4.36. The molecular weight excluding hydrogens is 350 g/mol. The van der Waals surface area contributed by atoms with Gasteiger partial charge in [0, 0.05) is 14.9 Å². The van der Waals surface area contributed by atoms with E-state index in [9.17, 15) is 13.2 Å². The Bertz CT molecular complexity index is 412. The lowest BCUT2D eigenvalue weighted by Gasteiger charge is -2.08. The van der Waals surface area contributed by atoms with Crippen LogP contribution in [0.25, 0.3) is 0 Å². The summed E-state index contributed by atoms with van der Waals surface area (Å²) in [5.41, 5.74) is -3.48. The summed E-state index contributed by atoms with van der Waals surface area (Å²) in [5, 5.41) is 8.44. The lowest BCUT2D eigenvalue weighted by molar-refractivity contribution is -0.0328. The Labute approximate surface area is 109 Å². The van der Waals surface area contributed by atoms with E-state index < -0.39 is 5.51 Å². The van der Waals surface area contributed by atoms with Gasteiger partial charge in [-0.05, 0) is 64.5 Å². The molecule has 0 amide bonds. The zero-order valence-corrected chi connectivity index (χ0v) is 11.0. The molecule has 0 bridgehead atoms. The summed E-state index contributed by atoms with van der Waals surface area (Å²) in [7, 11) is 0. The van der Waals surface area contributed by atoms with Gasteiger partial charge >= 0.3 is 5.51 Å². The van der Waals surface area contributed by atoms with Crippen LogP contribution in [0, 0.1) is 14.9 Å². The molecule has 0 aromatic heterocycles. The van der Waals surface area contributed by atoms with Crippen molar-refractivity contribution in [3.05, 3.63) is 27.3 Å². The lowest BCUT2D eigenvalue weighted by atomic mass is 10.1. The quantitative estimate of drug-likeness (QED) is 0.593. The van der Waals surface area contributed by atoms with E-state index >= 15 is 0 Å². The molecule has 0 N–H and O–H groups in total. The predicted molar refractivity (Wildman–Crippen MR) is 65.0 cm³/mol. The zero-order valence-electron chi connectivity index (χ0n) is 8.01. The molecule has 0 spiro atoms. The van der Waals surface area contributed by atoms with Crippen molar-refractivity contribution in [2.24, 2.45) is 0 Å². The zero-order chi connectivity index (χ0) is 12.2. The number of alkyl halides is 3. The van der Waals surface area contributed by atoms with Gasteiger partial charge in [0.1, 0.15) is 0 Å². The van der Waals surface area contributed by atoms with Crippen molar-refractivity contribution in [1.82, 2.24) is 0 Å². The Morgan fingerprint density at radius 3 is 2.62 bits per heavy atom. The minimum atomic E-state index is -4.26. The summed E-state index contributed by atoms with van der Waals surface area (Å²) < 4.78 is 37.3. The summed E-state index contributed by atoms with van der Waals surface area (Å²) >= 11 is 1.92. The Kier molecular flexibility index (Phi) is 4.92. The average Bonchev–Trinajstić information content (AvgIpc) is 2.17. The first-order valence-corrected chi connectivity index (χ1v) is 6.23. The van der Waals surface area contributed by atoms with Crippen LogP contribution in [0.2, 0.25) is 0 Å². The van der Waals surface area contributed by atoms with Gasteiger partial charge in [-0.3, -0.25) is 0 Å². The molecule has 16 heavy (non-hydrogen) atoms. The summed E-state index contributed by atoms with van der Waals surface area (Å²) in [6.45, 7) is 0. The standard InChI is InChI=1S/C10H7F3INS/c11-10(12,13)16-8-3-4-9(14)7(6-8)2-1-5-15/h3-4,6H,1-2H2. The number of benzene rings is 1. The normalized spacial score (nSPS) is 11.2. The molecule has 0 aliphatic heterocycles. The topological polar surface area (TPSA) is 23.8 Å². The van der Waals surface area contributed by atoms with E-state index in [1.54, 1.807) is 6.07 Å². The minimum absolute atomic E-state index is 0.129. The van der Waals surface area contributed by atoms with Gasteiger partial charge in [-0.2, -0.15) is 18.4 Å². The average molecular weight is 357 g/mol. The van der Waals surface area contributed by atoms with Crippen LogP contribution in [0.15, 0.2) is 23.1 Å². The van der Waals surface area contributed by atoms with E-state index in [1.807, 2.05) is 6.07 Å². The van der Waals surface area contributed by atoms with Crippen LogP contribution >= 0.6 is 34.4 Å². The number of rotatable bonds is 3. The van der Waals surface area contributed by atoms with E-state index in [1.165, 1.54) is 12.1 Å². The lowest BCUT2D eigenvalue weighted by Crippen LogP contribution is -1.99. The number of nitrogens with zero attached hydrogens (tertiary/aromatic N) is 1. The van der Waals surface area contributed by atoms with Crippen LogP contribution in [-0.4, -0.2) is 5.51 Å². The first-order chi connectivity index (χ1) is 7.42. The van der Waals surface area contributed by atoms with Gasteiger partial charge in [0.15, 0.2) is 0 Å². The summed E-state index contributed by atoms with van der Waals surface area (Å²) in [5.74, 6) is 0. The van der Waals surface area contributed by atoms with Crippen molar-refractivity contribution in [2.45, 2.75) is 23.2 Å². The molecule has 1 nitrogen and oxygen atoms in total. The van der Waals surface area contributed by atoms with E-state index in [2.05, 4.69) is 22.6 Å². The summed E-state index contributed by atoms with van der Waals surface area (Å²) in [4.78, 5) is 0.167. The summed E-state index contributed by atoms with van der Waals surface area (Å²) in [6.07, 6.45) is 0.803. The van der Waals surface area contributed by atoms with Crippen molar-refractivity contribution in [3.8, 4) is 6.07 Å². The maximum atomic E-state index is 12.1. The number of nitriles is 1. The smallest absolute Gasteiger partial charge is 0.198 e. The largest absolute Gasteiger partial charge is 0.446 e. The first kappa shape index (κ1) is 13.6. The molecule has 1 aromatic rings. The fourth-order valence-electron chi connectivity index (χ4n) is 1.13. The highest BCUT2D eigenvalue weighted by atomic mass is 127. The molecule has 0 saturated heterocycles. The van der Waals surface area contributed by atoms with E-state index in [4.69, 9.17) is 5.26 Å². The second kappa shape index (κ2) is 5.77. The molecule has 0 aliphatic rings. The van der Waals surface area contributed by atoms with Crippen molar-refractivity contribution < 1.29 is 13.2 Å². The van der Waals surface area contributed by atoms with Gasteiger partial charge < -0.3 is 0 Å². The van der Waals surface area contributed by atoms with Crippen molar-refractivity contribution >= 4 is 34.4 Å². The second-order valence-corrected chi connectivity index (χ2v) is 5.26. The first-order valence-electron chi connectivity index (χ1n) is 4.33. The van der Waals surface area contributed by atoms with Crippen LogP contribution in [0.4, 0.5) is 13.2 Å². The molecule has 0 atom stereocenters. The number of aryl methyl sites for hydroxylation is 1. The second-order valence-electron chi connectivity index (χ2n) is 2.96. The van der Waals surface area contributed by atoms with Crippen LogP contribution < -0.4 is 0 Å². The Morgan fingerprint density at radius 2 is 2.06 bits per heavy atom. The highest BCUT2D eigenvalue weighted by molar-refractivity contribution is 14.1. The number of hydrogen-bond acceptors (Lipinski definition) is 2. The Hall–Kier alpha value is -0.420. The van der Waals surface area contributed by atoms with Crippen LogP contribution in [0.5, 0.6) is 0 Å². The van der Waals surface area contributed by atoms with Crippen LogP contribution in [0.1, 0.15) is 12.0 Å². The van der Waals surface area contributed by atoms with Crippen LogP contribution in [0.3, 0.4) is 0 Å². The van der Waals surface area contributed by atoms with Crippen molar-refractivity contribution in [2.75, 3.05) is 0 Å². The Balaban J connectivity index is 2.86. The third-order valence-electron chi connectivity index (χ3n) is 1.76. The van der Waals surface area contributed by atoms with Gasteiger partial charge in [-0.15, -0.1) is 0 Å². The Morgan fingerprint density at radius 1 is 1.38 bits per heavy atom. The molecule has 0 fully saturated rings. The molecule has 1 aromatic carbocycles. The maximum absolute atomic E-state index is 12.1. The molecule has 6 heteroatoms. The van der Waals surface area contributed by atoms with Gasteiger partial charge in [0.2, 0.25) is 0 Å². The van der Waals surface area contributed by atoms with E-state index in [0.717, 1.165) is 9.13 Å². The number of hydrogen-bond donors (Lipinski definition) is 0. The maximum Gasteiger partial charge on any atom is 0.446 e. The molecule has 0 heterocycles. The molecule has 86 valence electrons. The third-order valence-corrected chi connectivity index (χ3v) is 3.53. The highest BCUT2D eigenvalue weighted by Gasteiger charge is 2.29. The van der Waals surface area contributed by atoms with E-state index in [-0.39, 0.29) is 16.7 Å². The van der Waals surface area contributed by atoms with E-state index in [0.29, 0.717) is 12.8 Å². The van der Waals surface area contributed by atoms with Crippen molar-refractivity contribution in [1.29, 1.82) is 5.26 Å². The van der Waals surface area contributed by atoms with Crippen molar-refractivity contribution in [3.63, 3.8) is 0 Å². The monoisotopic (exact) mass is 357 g/mol. The SMILES string of the molecule is N#CCCc1cc(SC(F)(F)F)ccc1I. The number of halogens is 4. The molecule has 0 unspecified atom stereocenters. The highest BCUT2D eigenvalue weighted by Crippen LogP contribution is 2.37. The summed E-state index contributed by atoms with van der Waals surface area (Å²) in [6, 6.07) is 6.56. The van der Waals surface area contributed by atoms with Gasteiger partial charge in [0.25, 0.3) is 0 Å². The third kappa shape index (κ3) is 4.61. The number of thioether (sulfide) groups is 1. The van der Waals surface area contributed by atoms with Gasteiger partial charge in [0.05, 0.1) is 6.07 Å². The van der Waals surface area contributed by atoms with Gasteiger partial charge in [-0.25, -0.2) is 0 Å². The minimum Gasteiger partial charge on any atom is -0.198 e.